The Hall–Kier alpha value is -0.356. The number of halogens is 2. The average molecular weight is 433 g/mol. The Morgan fingerprint density at radius 1 is 1.04 bits per heavy atom. The van der Waals surface area contributed by atoms with Crippen LogP contribution in [0, 0.1) is 11.3 Å². The van der Waals surface area contributed by atoms with Gasteiger partial charge in [0.05, 0.1) is 10.0 Å². The van der Waals surface area contributed by atoms with Crippen molar-refractivity contribution in [2.24, 2.45) is 0 Å². The standard InChI is InChI=1S/C19H31Cl2NO2Si2/c1-18(2,3)26(7,8)23-12-11-19(14-22,24-25(4,5)6)15-9-10-16(20)17(21)13-15/h9-10,13H,11-12H2,1-8H3. The molecule has 0 aliphatic carbocycles. The van der Waals surface area contributed by atoms with Gasteiger partial charge in [0.2, 0.25) is 0 Å². The summed E-state index contributed by atoms with van der Waals surface area (Å²) >= 11 is 12.3. The maximum Gasteiger partial charge on any atom is 0.191 e. The highest BCUT2D eigenvalue weighted by molar-refractivity contribution is 6.74. The maximum absolute atomic E-state index is 10.1. The SMILES string of the molecule is CC(C)(C)[Si](C)(C)OCCC(C#N)(O[Si](C)(C)C)c1ccc(Cl)c(Cl)c1. The van der Waals surface area contributed by atoms with Crippen molar-refractivity contribution in [3.8, 4) is 6.07 Å². The highest BCUT2D eigenvalue weighted by Gasteiger charge is 2.41. The zero-order chi connectivity index (χ0) is 20.4. The molecule has 0 bridgehead atoms. The van der Waals surface area contributed by atoms with Gasteiger partial charge in [-0.25, -0.2) is 0 Å². The van der Waals surface area contributed by atoms with Crippen LogP contribution in [0.15, 0.2) is 18.2 Å². The van der Waals surface area contributed by atoms with Crippen LogP contribution in [0.5, 0.6) is 0 Å². The predicted molar refractivity (Wildman–Crippen MR) is 116 cm³/mol. The van der Waals surface area contributed by atoms with E-state index in [9.17, 15) is 5.26 Å². The number of rotatable bonds is 7. The minimum Gasteiger partial charge on any atom is -0.417 e. The number of hydrogen-bond donors (Lipinski definition) is 0. The van der Waals surface area contributed by atoms with Crippen molar-refractivity contribution < 1.29 is 8.85 Å². The summed E-state index contributed by atoms with van der Waals surface area (Å²) in [6.45, 7) is 17.7. The van der Waals surface area contributed by atoms with E-state index in [0.29, 0.717) is 23.1 Å². The first-order valence-electron chi connectivity index (χ1n) is 8.84. The molecule has 3 nitrogen and oxygen atoms in total. The first-order valence-corrected chi connectivity index (χ1v) is 15.9. The van der Waals surface area contributed by atoms with Crippen LogP contribution >= 0.6 is 23.2 Å². The Morgan fingerprint density at radius 2 is 1.62 bits per heavy atom. The van der Waals surface area contributed by atoms with Crippen LogP contribution in [-0.2, 0) is 14.5 Å². The molecule has 0 spiro atoms. The molecule has 1 atom stereocenters. The Balaban J connectivity index is 3.17. The normalized spacial score (nSPS) is 15.4. The van der Waals surface area contributed by atoms with Crippen LogP contribution in [0.25, 0.3) is 0 Å². The molecular formula is C19H31Cl2NO2Si2. The van der Waals surface area contributed by atoms with Crippen molar-refractivity contribution in [2.45, 2.75) is 70.6 Å². The minimum atomic E-state index is -2.00. The fourth-order valence-electron chi connectivity index (χ4n) is 2.33. The van der Waals surface area contributed by atoms with E-state index >= 15 is 0 Å². The molecule has 0 aromatic heterocycles. The molecule has 0 heterocycles. The van der Waals surface area contributed by atoms with Gasteiger partial charge in [-0.1, -0.05) is 50.0 Å². The molecule has 0 amide bonds. The second-order valence-electron chi connectivity index (χ2n) is 9.14. The first kappa shape index (κ1) is 23.7. The van der Waals surface area contributed by atoms with Gasteiger partial charge >= 0.3 is 0 Å². The minimum absolute atomic E-state index is 0.117. The summed E-state index contributed by atoms with van der Waals surface area (Å²) in [5.74, 6) is 0. The quantitative estimate of drug-likeness (QED) is 0.437. The molecule has 0 aliphatic rings. The lowest BCUT2D eigenvalue weighted by atomic mass is 9.92. The van der Waals surface area contributed by atoms with E-state index in [1.807, 2.05) is 6.07 Å². The van der Waals surface area contributed by atoms with E-state index in [4.69, 9.17) is 32.1 Å². The molecule has 0 aliphatic heterocycles. The van der Waals surface area contributed by atoms with Crippen LogP contribution in [0.1, 0.15) is 32.8 Å². The van der Waals surface area contributed by atoms with Crippen molar-refractivity contribution >= 4 is 39.8 Å². The highest BCUT2D eigenvalue weighted by Crippen LogP contribution is 2.39. The Labute approximate surface area is 170 Å². The molecule has 1 unspecified atom stereocenters. The van der Waals surface area contributed by atoms with Gasteiger partial charge in [-0.2, -0.15) is 5.26 Å². The molecule has 0 radical (unpaired) electrons. The summed E-state index contributed by atoms with van der Waals surface area (Å²) in [7, 11) is -3.90. The second-order valence-corrected chi connectivity index (χ2v) is 19.2. The fraction of sp³-hybridized carbons (Fsp3) is 0.632. The van der Waals surface area contributed by atoms with E-state index in [2.05, 4.69) is 59.6 Å². The largest absolute Gasteiger partial charge is 0.417 e. The van der Waals surface area contributed by atoms with Crippen molar-refractivity contribution in [1.82, 2.24) is 0 Å². The number of nitrogens with zero attached hydrogens (tertiary/aromatic N) is 1. The van der Waals surface area contributed by atoms with Crippen molar-refractivity contribution in [3.05, 3.63) is 33.8 Å². The van der Waals surface area contributed by atoms with Gasteiger partial charge < -0.3 is 8.85 Å². The Bertz CT molecular complexity index is 676. The second kappa shape index (κ2) is 8.34. The molecule has 0 saturated heterocycles. The number of nitriles is 1. The maximum atomic E-state index is 10.1. The van der Waals surface area contributed by atoms with Gasteiger partial charge in [0.15, 0.2) is 22.2 Å². The molecule has 1 aromatic carbocycles. The average Bonchev–Trinajstić information content (AvgIpc) is 2.46. The van der Waals surface area contributed by atoms with E-state index < -0.39 is 22.2 Å². The van der Waals surface area contributed by atoms with Gasteiger partial charge in [-0.3, -0.25) is 0 Å². The summed E-state index contributed by atoms with van der Waals surface area (Å²) in [5, 5.41) is 11.1. The van der Waals surface area contributed by atoms with Crippen molar-refractivity contribution in [2.75, 3.05) is 6.61 Å². The van der Waals surface area contributed by atoms with Gasteiger partial charge in [-0.05, 0) is 55.5 Å². The molecular weight excluding hydrogens is 401 g/mol. The van der Waals surface area contributed by atoms with Crippen molar-refractivity contribution in [3.63, 3.8) is 0 Å². The molecule has 1 rings (SSSR count). The first-order chi connectivity index (χ1) is 11.6. The fourth-order valence-corrected chi connectivity index (χ4v) is 4.99. The van der Waals surface area contributed by atoms with Crippen molar-refractivity contribution in [1.29, 1.82) is 5.26 Å². The zero-order valence-electron chi connectivity index (χ0n) is 17.2. The molecule has 0 fully saturated rings. The van der Waals surface area contributed by atoms with Gasteiger partial charge in [0.25, 0.3) is 0 Å². The van der Waals surface area contributed by atoms with E-state index in [0.717, 1.165) is 5.56 Å². The third-order valence-electron chi connectivity index (χ3n) is 4.77. The smallest absolute Gasteiger partial charge is 0.191 e. The number of benzene rings is 1. The Kier molecular flexibility index (Phi) is 7.60. The summed E-state index contributed by atoms with van der Waals surface area (Å²) in [4.78, 5) is 0. The van der Waals surface area contributed by atoms with Crippen LogP contribution in [0.3, 0.4) is 0 Å². The van der Waals surface area contributed by atoms with E-state index in [1.165, 1.54) is 0 Å². The van der Waals surface area contributed by atoms with E-state index in [-0.39, 0.29) is 5.04 Å². The molecule has 0 saturated carbocycles. The van der Waals surface area contributed by atoms with Gasteiger partial charge in [-0.15, -0.1) is 0 Å². The zero-order valence-corrected chi connectivity index (χ0v) is 20.7. The summed E-state index contributed by atoms with van der Waals surface area (Å²) < 4.78 is 12.7. The monoisotopic (exact) mass is 431 g/mol. The summed E-state index contributed by atoms with van der Waals surface area (Å²) in [6.07, 6.45) is 0.457. The molecule has 146 valence electrons. The molecule has 7 heteroatoms. The lowest BCUT2D eigenvalue weighted by molar-refractivity contribution is 0.0859. The molecule has 1 aromatic rings. The predicted octanol–water partition coefficient (Wildman–Crippen LogP) is 6.98. The highest BCUT2D eigenvalue weighted by atomic mass is 35.5. The van der Waals surface area contributed by atoms with Crippen LogP contribution in [0.2, 0.25) is 47.8 Å². The molecule has 0 N–H and O–H groups in total. The van der Waals surface area contributed by atoms with Gasteiger partial charge in [0, 0.05) is 13.0 Å². The lowest BCUT2D eigenvalue weighted by Crippen LogP contribution is -2.44. The van der Waals surface area contributed by atoms with Crippen LogP contribution in [0.4, 0.5) is 0 Å². The lowest BCUT2D eigenvalue weighted by Gasteiger charge is -2.38. The van der Waals surface area contributed by atoms with E-state index in [1.54, 1.807) is 12.1 Å². The van der Waals surface area contributed by atoms with Gasteiger partial charge in [0.1, 0.15) is 6.07 Å². The number of hydrogen-bond acceptors (Lipinski definition) is 3. The Morgan fingerprint density at radius 3 is 2.04 bits per heavy atom. The third kappa shape index (κ3) is 6.08. The summed E-state index contributed by atoms with van der Waals surface area (Å²) in [6, 6.07) is 7.68. The molecule has 26 heavy (non-hydrogen) atoms. The third-order valence-corrected chi connectivity index (χ3v) is 11.0. The van der Waals surface area contributed by atoms with Crippen LogP contribution < -0.4 is 0 Å². The van der Waals surface area contributed by atoms with Crippen LogP contribution in [-0.4, -0.2) is 23.2 Å². The topological polar surface area (TPSA) is 42.2 Å². The summed E-state index contributed by atoms with van der Waals surface area (Å²) in [5.41, 5.74) is -0.350.